The molecule has 2 unspecified atom stereocenters. The van der Waals surface area contributed by atoms with Gasteiger partial charge in [0.25, 0.3) is 0 Å². The molecule has 6 heteroatoms. The molecule has 0 fully saturated rings. The summed E-state index contributed by atoms with van der Waals surface area (Å²) in [4.78, 5) is 24.4. The quantitative estimate of drug-likeness (QED) is 0.0321. The first-order valence-electron chi connectivity index (χ1n) is 27.3. The Kier molecular flexibility index (Phi) is 50.1. The molecule has 6 nitrogen and oxygen atoms in total. The molecule has 0 bridgehead atoms. The number of esters is 1. The molecule has 0 aliphatic heterocycles. The number of nitrogens with one attached hydrogen (secondary N) is 1. The normalized spacial score (nSPS) is 12.9. The first-order valence-corrected chi connectivity index (χ1v) is 27.3. The van der Waals surface area contributed by atoms with Crippen LogP contribution < -0.4 is 5.32 Å². The smallest absolute Gasteiger partial charge is 0.305 e. The molecule has 62 heavy (non-hydrogen) atoms. The van der Waals surface area contributed by atoms with Crippen molar-refractivity contribution in [2.24, 2.45) is 0 Å². The van der Waals surface area contributed by atoms with Gasteiger partial charge in [0, 0.05) is 12.8 Å². The summed E-state index contributed by atoms with van der Waals surface area (Å²) in [6, 6.07) is -0.634. The number of ether oxygens (including phenoxy) is 1. The predicted molar refractivity (Wildman–Crippen MR) is 269 cm³/mol. The van der Waals surface area contributed by atoms with Gasteiger partial charge in [0.2, 0.25) is 5.91 Å². The van der Waals surface area contributed by atoms with Gasteiger partial charge in [-0.25, -0.2) is 0 Å². The molecule has 3 N–H and O–H groups in total. The maximum absolute atomic E-state index is 12.4. The van der Waals surface area contributed by atoms with Crippen molar-refractivity contribution in [1.29, 1.82) is 0 Å². The minimum absolute atomic E-state index is 0.00535. The number of aliphatic hydroxyl groups excluding tert-OH is 2. The molecule has 0 aliphatic rings. The second-order valence-corrected chi connectivity index (χ2v) is 18.5. The fourth-order valence-corrected chi connectivity index (χ4v) is 8.15. The van der Waals surface area contributed by atoms with Crippen LogP contribution in [0.1, 0.15) is 284 Å². The number of carbonyl (C=O) groups excluding carboxylic acids is 2. The van der Waals surface area contributed by atoms with E-state index in [0.717, 1.165) is 51.4 Å². The monoisotopic (exact) mass is 872 g/mol. The van der Waals surface area contributed by atoms with Gasteiger partial charge in [0.15, 0.2) is 0 Å². The van der Waals surface area contributed by atoms with E-state index in [9.17, 15) is 19.8 Å². The highest BCUT2D eigenvalue weighted by Gasteiger charge is 2.18. The van der Waals surface area contributed by atoms with E-state index in [1.807, 2.05) is 6.08 Å². The van der Waals surface area contributed by atoms with Crippen molar-refractivity contribution in [3.63, 3.8) is 0 Å². The Hall–Kier alpha value is -1.92. The lowest BCUT2D eigenvalue weighted by Gasteiger charge is -2.20. The van der Waals surface area contributed by atoms with Crippen LogP contribution in [0.3, 0.4) is 0 Å². The number of hydrogen-bond donors (Lipinski definition) is 3. The summed E-state index contributed by atoms with van der Waals surface area (Å²) in [6.45, 7) is 4.86. The van der Waals surface area contributed by atoms with Crippen LogP contribution in [0, 0.1) is 0 Å². The van der Waals surface area contributed by atoms with E-state index in [-0.39, 0.29) is 18.5 Å². The highest BCUT2D eigenvalue weighted by molar-refractivity contribution is 5.76. The van der Waals surface area contributed by atoms with Gasteiger partial charge in [0.05, 0.1) is 25.4 Å². The predicted octanol–water partition coefficient (Wildman–Crippen LogP) is 16.5. The summed E-state index contributed by atoms with van der Waals surface area (Å²) >= 11 is 0. The average molecular weight is 872 g/mol. The lowest BCUT2D eigenvalue weighted by Crippen LogP contribution is -2.45. The van der Waals surface area contributed by atoms with Crippen LogP contribution in [0.5, 0.6) is 0 Å². The zero-order valence-corrected chi connectivity index (χ0v) is 41.4. The summed E-state index contributed by atoms with van der Waals surface area (Å²) in [6.07, 6.45) is 63.0. The third-order valence-corrected chi connectivity index (χ3v) is 12.4. The van der Waals surface area contributed by atoms with Crippen molar-refractivity contribution in [2.45, 2.75) is 296 Å². The van der Waals surface area contributed by atoms with Crippen molar-refractivity contribution >= 4 is 11.9 Å². The van der Waals surface area contributed by atoms with Gasteiger partial charge >= 0.3 is 5.97 Å². The SMILES string of the molecule is CCCCCCCC/C=C\CCCCCCCC(=O)OCCCCCCCCCC/C=C\CCCCCCCCCC(=O)NC(CO)C(O)/C=C/CCCCCCCCCCC. The highest BCUT2D eigenvalue weighted by atomic mass is 16.5. The van der Waals surface area contributed by atoms with Gasteiger partial charge in [0.1, 0.15) is 0 Å². The number of aliphatic hydroxyl groups is 2. The molecule has 2 atom stereocenters. The van der Waals surface area contributed by atoms with Crippen LogP contribution in [0.2, 0.25) is 0 Å². The van der Waals surface area contributed by atoms with Crippen molar-refractivity contribution in [3.8, 4) is 0 Å². The second-order valence-electron chi connectivity index (χ2n) is 18.5. The van der Waals surface area contributed by atoms with Gasteiger partial charge in [-0.3, -0.25) is 9.59 Å². The summed E-state index contributed by atoms with van der Waals surface area (Å²) < 4.78 is 5.47. The third-order valence-electron chi connectivity index (χ3n) is 12.4. The maximum Gasteiger partial charge on any atom is 0.305 e. The van der Waals surface area contributed by atoms with Gasteiger partial charge in [-0.05, 0) is 83.5 Å². The van der Waals surface area contributed by atoms with Gasteiger partial charge in [-0.1, -0.05) is 224 Å². The van der Waals surface area contributed by atoms with E-state index in [1.54, 1.807) is 6.08 Å². The molecule has 0 radical (unpaired) electrons. The molecule has 0 spiro atoms. The minimum Gasteiger partial charge on any atom is -0.466 e. The Labute approximate surface area is 385 Å². The zero-order valence-electron chi connectivity index (χ0n) is 41.4. The summed E-state index contributed by atoms with van der Waals surface area (Å²) in [5.74, 6) is -0.0850. The van der Waals surface area contributed by atoms with Crippen LogP contribution in [0.4, 0.5) is 0 Å². The van der Waals surface area contributed by atoms with Crippen LogP contribution in [-0.2, 0) is 14.3 Å². The van der Waals surface area contributed by atoms with E-state index in [2.05, 4.69) is 43.5 Å². The van der Waals surface area contributed by atoms with Crippen molar-refractivity contribution in [2.75, 3.05) is 13.2 Å². The van der Waals surface area contributed by atoms with E-state index in [1.165, 1.54) is 205 Å². The van der Waals surface area contributed by atoms with Gasteiger partial charge in [-0.2, -0.15) is 0 Å². The standard InChI is InChI=1S/C56H105NO5/c1-3-5-7-9-11-13-15-16-22-26-30-34-38-42-46-50-56(61)62-51-47-43-39-35-31-27-24-21-19-17-18-20-23-25-29-33-37-41-45-49-55(60)57-53(52-58)54(59)48-44-40-36-32-28-14-12-10-8-6-4-2/h16-18,22,44,48,53-54,58-59H,3-15,19-21,23-43,45-47,49-52H2,1-2H3,(H,57,60)/b18-17-,22-16-,48-44+. The summed E-state index contributed by atoms with van der Waals surface area (Å²) in [5.41, 5.74) is 0. The molecular weight excluding hydrogens is 767 g/mol. The molecule has 0 heterocycles. The van der Waals surface area contributed by atoms with Gasteiger partial charge in [-0.15, -0.1) is 0 Å². The first-order chi connectivity index (χ1) is 30.5. The maximum atomic E-state index is 12.4. The lowest BCUT2D eigenvalue weighted by atomic mass is 10.1. The van der Waals surface area contributed by atoms with Gasteiger partial charge < -0.3 is 20.3 Å². The second kappa shape index (κ2) is 51.7. The van der Waals surface area contributed by atoms with Crippen LogP contribution in [0.15, 0.2) is 36.5 Å². The minimum atomic E-state index is -0.849. The number of amides is 1. The van der Waals surface area contributed by atoms with Crippen LogP contribution in [-0.4, -0.2) is 47.4 Å². The number of rotatable bonds is 50. The molecule has 0 saturated carbocycles. The molecule has 1 amide bonds. The Balaban J connectivity index is 3.45. The Bertz CT molecular complexity index is 1010. The molecule has 0 aliphatic carbocycles. The van der Waals surface area contributed by atoms with Crippen molar-refractivity contribution in [3.05, 3.63) is 36.5 Å². The van der Waals surface area contributed by atoms with Crippen LogP contribution >= 0.6 is 0 Å². The Morgan fingerprint density at radius 2 is 0.758 bits per heavy atom. The fourth-order valence-electron chi connectivity index (χ4n) is 8.15. The van der Waals surface area contributed by atoms with Crippen LogP contribution in [0.25, 0.3) is 0 Å². The number of unbranched alkanes of at least 4 members (excludes halogenated alkanes) is 35. The molecule has 0 rings (SSSR count). The first kappa shape index (κ1) is 60.1. The van der Waals surface area contributed by atoms with E-state index >= 15 is 0 Å². The van der Waals surface area contributed by atoms with E-state index < -0.39 is 12.1 Å². The van der Waals surface area contributed by atoms with E-state index in [4.69, 9.17) is 4.74 Å². The number of hydrogen-bond acceptors (Lipinski definition) is 5. The molecule has 0 saturated heterocycles. The summed E-state index contributed by atoms with van der Waals surface area (Å²) in [7, 11) is 0. The Morgan fingerprint density at radius 1 is 0.435 bits per heavy atom. The van der Waals surface area contributed by atoms with Crippen molar-refractivity contribution in [1.82, 2.24) is 5.32 Å². The third kappa shape index (κ3) is 47.6. The lowest BCUT2D eigenvalue weighted by molar-refractivity contribution is -0.143. The molecule has 364 valence electrons. The number of allylic oxidation sites excluding steroid dienone is 5. The Morgan fingerprint density at radius 3 is 1.15 bits per heavy atom. The molecule has 0 aromatic rings. The van der Waals surface area contributed by atoms with Crippen molar-refractivity contribution < 1.29 is 24.5 Å². The molecule has 0 aromatic heterocycles. The van der Waals surface area contributed by atoms with E-state index in [0.29, 0.717) is 19.4 Å². The molecular formula is C56H105NO5. The average Bonchev–Trinajstić information content (AvgIpc) is 3.27. The fraction of sp³-hybridized carbons (Fsp3) is 0.857. The molecule has 0 aromatic carbocycles. The topological polar surface area (TPSA) is 95.9 Å². The zero-order chi connectivity index (χ0) is 45.1. The summed E-state index contributed by atoms with van der Waals surface area (Å²) in [5, 5.41) is 23.0. The number of carbonyl (C=O) groups is 2. The highest BCUT2D eigenvalue weighted by Crippen LogP contribution is 2.15. The largest absolute Gasteiger partial charge is 0.466 e.